The minimum absolute atomic E-state index is 0.0382. The molecule has 0 amide bonds. The van der Waals surface area contributed by atoms with Gasteiger partial charge in [0.05, 0.1) is 6.04 Å². The number of rotatable bonds is 6. The van der Waals surface area contributed by atoms with Crippen LogP contribution in [0, 0.1) is 17.6 Å². The number of methoxy groups -OCH3 is 1. The highest BCUT2D eigenvalue weighted by Crippen LogP contribution is 2.26. The summed E-state index contributed by atoms with van der Waals surface area (Å²) in [6.07, 6.45) is 0.710. The summed E-state index contributed by atoms with van der Waals surface area (Å²) in [5.41, 5.74) is 2.78. The normalized spacial score (nSPS) is 14.6. The predicted molar refractivity (Wildman–Crippen MR) is 62.1 cm³/mol. The van der Waals surface area contributed by atoms with Crippen molar-refractivity contribution in [3.8, 4) is 0 Å². The van der Waals surface area contributed by atoms with Gasteiger partial charge in [-0.1, -0.05) is 19.1 Å². The number of ether oxygens (including phenoxy) is 1. The maximum atomic E-state index is 13.6. The minimum atomic E-state index is -0.860. The standard InChI is InChI=1S/C12H18F2N2O/c1-8(6-7-17-2)12(16-15)9-4-3-5-10(13)11(9)14/h3-5,8,12,16H,6-7,15H2,1-2H3. The first-order valence-electron chi connectivity index (χ1n) is 5.50. The van der Waals surface area contributed by atoms with Gasteiger partial charge in [-0.2, -0.15) is 0 Å². The van der Waals surface area contributed by atoms with Gasteiger partial charge in [0.15, 0.2) is 11.6 Å². The van der Waals surface area contributed by atoms with Gasteiger partial charge in [-0.15, -0.1) is 0 Å². The zero-order valence-corrected chi connectivity index (χ0v) is 10.0. The van der Waals surface area contributed by atoms with E-state index in [1.165, 1.54) is 12.1 Å². The fourth-order valence-electron chi connectivity index (χ4n) is 1.79. The Hall–Kier alpha value is -1.04. The molecule has 0 fully saturated rings. The first-order chi connectivity index (χ1) is 8.11. The maximum absolute atomic E-state index is 13.6. The lowest BCUT2D eigenvalue weighted by molar-refractivity contribution is 0.169. The van der Waals surface area contributed by atoms with Gasteiger partial charge in [0.1, 0.15) is 0 Å². The van der Waals surface area contributed by atoms with E-state index in [2.05, 4.69) is 5.43 Å². The van der Waals surface area contributed by atoms with E-state index in [1.54, 1.807) is 7.11 Å². The van der Waals surface area contributed by atoms with Crippen molar-refractivity contribution in [3.05, 3.63) is 35.4 Å². The number of halogens is 2. The van der Waals surface area contributed by atoms with E-state index in [-0.39, 0.29) is 11.5 Å². The Morgan fingerprint density at radius 1 is 1.41 bits per heavy atom. The zero-order valence-electron chi connectivity index (χ0n) is 10.0. The molecule has 2 atom stereocenters. The van der Waals surface area contributed by atoms with Crippen LogP contribution < -0.4 is 11.3 Å². The molecule has 0 radical (unpaired) electrons. The molecule has 0 saturated heterocycles. The predicted octanol–water partition coefficient (Wildman–Crippen LogP) is 2.14. The van der Waals surface area contributed by atoms with E-state index in [0.29, 0.717) is 13.0 Å². The van der Waals surface area contributed by atoms with Crippen molar-refractivity contribution in [1.29, 1.82) is 0 Å². The van der Waals surface area contributed by atoms with E-state index < -0.39 is 17.7 Å². The molecule has 0 saturated carbocycles. The molecule has 17 heavy (non-hydrogen) atoms. The monoisotopic (exact) mass is 244 g/mol. The summed E-state index contributed by atoms with van der Waals surface area (Å²) >= 11 is 0. The Morgan fingerprint density at radius 3 is 2.71 bits per heavy atom. The lowest BCUT2D eigenvalue weighted by Gasteiger charge is -2.24. The maximum Gasteiger partial charge on any atom is 0.163 e. The summed E-state index contributed by atoms with van der Waals surface area (Å²) in [6, 6.07) is 3.67. The van der Waals surface area contributed by atoms with Crippen molar-refractivity contribution in [2.24, 2.45) is 11.8 Å². The summed E-state index contributed by atoms with van der Waals surface area (Å²) in [7, 11) is 1.60. The lowest BCUT2D eigenvalue weighted by Crippen LogP contribution is -2.33. The summed E-state index contributed by atoms with van der Waals surface area (Å²) in [4.78, 5) is 0. The molecule has 0 aliphatic rings. The molecule has 96 valence electrons. The van der Waals surface area contributed by atoms with Crippen LogP contribution in [0.2, 0.25) is 0 Å². The van der Waals surface area contributed by atoms with Crippen LogP contribution in [0.1, 0.15) is 24.9 Å². The third-order valence-corrected chi connectivity index (χ3v) is 2.84. The molecule has 0 heterocycles. The van der Waals surface area contributed by atoms with Crippen molar-refractivity contribution in [3.63, 3.8) is 0 Å². The van der Waals surface area contributed by atoms with Crippen molar-refractivity contribution in [1.82, 2.24) is 5.43 Å². The van der Waals surface area contributed by atoms with E-state index in [9.17, 15) is 8.78 Å². The lowest BCUT2D eigenvalue weighted by atomic mass is 9.92. The Labute approximate surface area is 99.9 Å². The van der Waals surface area contributed by atoms with E-state index in [0.717, 1.165) is 6.07 Å². The highest BCUT2D eigenvalue weighted by molar-refractivity contribution is 5.23. The molecule has 3 nitrogen and oxygen atoms in total. The molecule has 0 spiro atoms. The van der Waals surface area contributed by atoms with Gasteiger partial charge in [-0.3, -0.25) is 11.3 Å². The Kier molecular flexibility index (Phi) is 5.47. The van der Waals surface area contributed by atoms with Crippen molar-refractivity contribution < 1.29 is 13.5 Å². The SMILES string of the molecule is COCCC(C)C(NN)c1cccc(F)c1F. The molecule has 1 aromatic carbocycles. The quantitative estimate of drug-likeness (QED) is 0.595. The molecule has 0 aromatic heterocycles. The Balaban J connectivity index is 2.89. The number of hydrazine groups is 1. The van der Waals surface area contributed by atoms with Crippen LogP contribution in [-0.2, 0) is 4.74 Å². The van der Waals surface area contributed by atoms with Crippen LogP contribution in [-0.4, -0.2) is 13.7 Å². The molecule has 0 aliphatic heterocycles. The second-order valence-electron chi connectivity index (χ2n) is 4.05. The van der Waals surface area contributed by atoms with Crippen LogP contribution in [0.3, 0.4) is 0 Å². The van der Waals surface area contributed by atoms with Crippen LogP contribution in [0.4, 0.5) is 8.78 Å². The van der Waals surface area contributed by atoms with Crippen LogP contribution >= 0.6 is 0 Å². The molecule has 2 unspecified atom stereocenters. The van der Waals surface area contributed by atoms with Gasteiger partial charge < -0.3 is 4.74 Å². The van der Waals surface area contributed by atoms with Gasteiger partial charge in [-0.25, -0.2) is 8.78 Å². The molecule has 0 bridgehead atoms. The molecule has 3 N–H and O–H groups in total. The summed E-state index contributed by atoms with van der Waals surface area (Å²) in [5.74, 6) is 3.75. The van der Waals surface area contributed by atoms with E-state index in [4.69, 9.17) is 10.6 Å². The van der Waals surface area contributed by atoms with Gasteiger partial charge in [0.2, 0.25) is 0 Å². The third-order valence-electron chi connectivity index (χ3n) is 2.84. The summed E-state index contributed by atoms with van der Waals surface area (Å²) < 4.78 is 31.7. The van der Waals surface area contributed by atoms with Gasteiger partial charge in [0.25, 0.3) is 0 Å². The number of hydrogen-bond acceptors (Lipinski definition) is 3. The second kappa shape index (κ2) is 6.64. The third kappa shape index (κ3) is 3.46. The number of nitrogens with one attached hydrogen (secondary N) is 1. The topological polar surface area (TPSA) is 47.3 Å². The first kappa shape index (κ1) is 14.0. The average Bonchev–Trinajstić information content (AvgIpc) is 2.32. The van der Waals surface area contributed by atoms with E-state index in [1.807, 2.05) is 6.92 Å². The number of nitrogens with two attached hydrogens (primary N) is 1. The minimum Gasteiger partial charge on any atom is -0.385 e. The molecule has 1 rings (SSSR count). The molecular weight excluding hydrogens is 226 g/mol. The highest BCUT2D eigenvalue weighted by atomic mass is 19.2. The first-order valence-corrected chi connectivity index (χ1v) is 5.50. The zero-order chi connectivity index (χ0) is 12.8. The smallest absolute Gasteiger partial charge is 0.163 e. The van der Waals surface area contributed by atoms with Crippen molar-refractivity contribution in [2.45, 2.75) is 19.4 Å². The van der Waals surface area contributed by atoms with Crippen LogP contribution in [0.15, 0.2) is 18.2 Å². The Morgan fingerprint density at radius 2 is 2.12 bits per heavy atom. The van der Waals surface area contributed by atoms with Crippen molar-refractivity contribution >= 4 is 0 Å². The van der Waals surface area contributed by atoms with Crippen molar-refractivity contribution in [2.75, 3.05) is 13.7 Å². The molecule has 1 aromatic rings. The summed E-state index contributed by atoms with van der Waals surface area (Å²) in [6.45, 7) is 2.46. The van der Waals surface area contributed by atoms with Crippen LogP contribution in [0.25, 0.3) is 0 Å². The second-order valence-corrected chi connectivity index (χ2v) is 4.05. The number of benzene rings is 1. The molecular formula is C12H18F2N2O. The van der Waals surface area contributed by atoms with Gasteiger partial charge in [0, 0.05) is 19.3 Å². The summed E-state index contributed by atoms with van der Waals surface area (Å²) in [5, 5.41) is 0. The molecule has 5 heteroatoms. The fraction of sp³-hybridized carbons (Fsp3) is 0.500. The van der Waals surface area contributed by atoms with Gasteiger partial charge >= 0.3 is 0 Å². The number of hydrogen-bond donors (Lipinski definition) is 2. The van der Waals surface area contributed by atoms with Gasteiger partial charge in [-0.05, 0) is 18.4 Å². The highest BCUT2D eigenvalue weighted by Gasteiger charge is 2.22. The Bertz CT molecular complexity index is 360. The van der Waals surface area contributed by atoms with Crippen LogP contribution in [0.5, 0.6) is 0 Å². The fourth-order valence-corrected chi connectivity index (χ4v) is 1.79. The average molecular weight is 244 g/mol. The van der Waals surface area contributed by atoms with E-state index >= 15 is 0 Å². The largest absolute Gasteiger partial charge is 0.385 e. The molecule has 0 aliphatic carbocycles.